The van der Waals surface area contributed by atoms with E-state index in [0.29, 0.717) is 15.3 Å². The summed E-state index contributed by atoms with van der Waals surface area (Å²) >= 11 is 8.64. The van der Waals surface area contributed by atoms with Crippen molar-refractivity contribution in [3.8, 4) is 0 Å². The van der Waals surface area contributed by atoms with E-state index in [1.54, 1.807) is 11.8 Å². The average molecular weight is 222 g/mol. The third-order valence-corrected chi connectivity index (χ3v) is 3.51. The van der Waals surface area contributed by atoms with Gasteiger partial charge in [-0.3, -0.25) is 4.79 Å². The molecule has 0 radical (unpaired) electrons. The van der Waals surface area contributed by atoms with E-state index in [-0.39, 0.29) is 0 Å². The monoisotopic (exact) mass is 221 g/mol. The van der Waals surface area contributed by atoms with Crippen LogP contribution in [-0.4, -0.2) is 16.5 Å². The number of thiazole rings is 1. The number of nitrogens with zero attached hydrogens (tertiary/aromatic N) is 1. The van der Waals surface area contributed by atoms with E-state index < -0.39 is 0 Å². The molecule has 0 saturated carbocycles. The topological polar surface area (TPSA) is 30.0 Å². The summed E-state index contributed by atoms with van der Waals surface area (Å²) in [5.41, 5.74) is 0. The molecule has 1 aromatic rings. The maximum absolute atomic E-state index is 10.4. The zero-order valence-corrected chi connectivity index (χ0v) is 9.09. The molecular formula is C7H8ClNOS2. The Morgan fingerprint density at radius 3 is 2.75 bits per heavy atom. The van der Waals surface area contributed by atoms with E-state index in [9.17, 15) is 4.79 Å². The molecule has 0 bridgehead atoms. The molecule has 0 aromatic carbocycles. The van der Waals surface area contributed by atoms with Crippen molar-refractivity contribution in [2.24, 2.45) is 0 Å². The summed E-state index contributed by atoms with van der Waals surface area (Å²) in [6.07, 6.45) is 0.740. The lowest BCUT2D eigenvalue weighted by Gasteiger charge is -1.97. The Balaban J connectivity index is 2.82. The molecule has 1 heterocycles. The van der Waals surface area contributed by atoms with Crippen LogP contribution in [0.1, 0.15) is 23.5 Å². The number of halogens is 1. The lowest BCUT2D eigenvalue weighted by atomic mass is 10.6. The lowest BCUT2D eigenvalue weighted by molar-refractivity contribution is 0.112. The second-order valence-electron chi connectivity index (χ2n) is 2.42. The molecule has 12 heavy (non-hydrogen) atoms. The van der Waals surface area contributed by atoms with Crippen molar-refractivity contribution in [3.63, 3.8) is 0 Å². The molecule has 2 nitrogen and oxygen atoms in total. The minimum Gasteiger partial charge on any atom is -0.297 e. The second kappa shape index (κ2) is 4.25. The number of rotatable bonds is 3. The number of hydrogen-bond acceptors (Lipinski definition) is 4. The molecule has 5 heteroatoms. The van der Waals surface area contributed by atoms with Crippen LogP contribution in [0.15, 0.2) is 4.34 Å². The summed E-state index contributed by atoms with van der Waals surface area (Å²) in [6.45, 7) is 4.14. The van der Waals surface area contributed by atoms with Gasteiger partial charge >= 0.3 is 0 Å². The van der Waals surface area contributed by atoms with Crippen LogP contribution >= 0.6 is 34.7 Å². The highest BCUT2D eigenvalue weighted by Crippen LogP contribution is 2.31. The van der Waals surface area contributed by atoms with Crippen LogP contribution in [0.2, 0.25) is 5.15 Å². The molecule has 1 aromatic heterocycles. The molecule has 0 aliphatic heterocycles. The number of aromatic nitrogens is 1. The minimum absolute atomic E-state index is 0.318. The molecule has 0 unspecified atom stereocenters. The van der Waals surface area contributed by atoms with Crippen molar-refractivity contribution >= 4 is 41.0 Å². The van der Waals surface area contributed by atoms with Gasteiger partial charge in [0.1, 0.15) is 4.88 Å². The van der Waals surface area contributed by atoms with E-state index in [4.69, 9.17) is 11.6 Å². The predicted octanol–water partition coefficient (Wildman–Crippen LogP) is 3.11. The summed E-state index contributed by atoms with van der Waals surface area (Å²) in [7, 11) is 0. The number of carbonyl (C=O) groups is 1. The fourth-order valence-electron chi connectivity index (χ4n) is 0.619. The Morgan fingerprint density at radius 1 is 1.67 bits per heavy atom. The van der Waals surface area contributed by atoms with E-state index in [2.05, 4.69) is 18.8 Å². The van der Waals surface area contributed by atoms with Crippen molar-refractivity contribution in [3.05, 3.63) is 10.0 Å². The largest absolute Gasteiger partial charge is 0.297 e. The average Bonchev–Trinajstić information content (AvgIpc) is 2.29. The first-order valence-electron chi connectivity index (χ1n) is 3.41. The predicted molar refractivity (Wildman–Crippen MR) is 53.5 cm³/mol. The normalized spacial score (nSPS) is 10.7. The van der Waals surface area contributed by atoms with Gasteiger partial charge in [-0.05, 0) is 0 Å². The third kappa shape index (κ3) is 2.47. The van der Waals surface area contributed by atoms with Gasteiger partial charge in [0.05, 0.1) is 0 Å². The first kappa shape index (κ1) is 10.0. The Kier molecular flexibility index (Phi) is 3.55. The van der Waals surface area contributed by atoms with Gasteiger partial charge in [-0.25, -0.2) is 4.98 Å². The zero-order chi connectivity index (χ0) is 9.14. The molecule has 0 spiro atoms. The maximum atomic E-state index is 10.4. The molecule has 0 N–H and O–H groups in total. The molecule has 0 aliphatic carbocycles. The van der Waals surface area contributed by atoms with Crippen LogP contribution in [0.5, 0.6) is 0 Å². The molecule has 0 fully saturated rings. The molecule has 0 saturated heterocycles. The summed E-state index contributed by atoms with van der Waals surface area (Å²) in [6, 6.07) is 0. The zero-order valence-electron chi connectivity index (χ0n) is 6.70. The van der Waals surface area contributed by atoms with Crippen molar-refractivity contribution in [2.45, 2.75) is 23.4 Å². The van der Waals surface area contributed by atoms with Gasteiger partial charge in [-0.2, -0.15) is 0 Å². The van der Waals surface area contributed by atoms with Gasteiger partial charge in [0, 0.05) is 5.25 Å². The third-order valence-electron chi connectivity index (χ3n) is 1.03. The van der Waals surface area contributed by atoms with Gasteiger partial charge in [-0.15, -0.1) is 11.3 Å². The Morgan fingerprint density at radius 2 is 2.33 bits per heavy atom. The summed E-state index contributed by atoms with van der Waals surface area (Å²) < 4.78 is 0.858. The maximum Gasteiger partial charge on any atom is 0.163 e. The molecular weight excluding hydrogens is 214 g/mol. The number of thioether (sulfide) groups is 1. The lowest BCUT2D eigenvalue weighted by Crippen LogP contribution is -1.83. The molecule has 66 valence electrons. The molecule has 1 rings (SSSR count). The van der Waals surface area contributed by atoms with Crippen molar-refractivity contribution in [1.29, 1.82) is 0 Å². The fourth-order valence-corrected chi connectivity index (χ4v) is 3.05. The van der Waals surface area contributed by atoms with Crippen LogP contribution in [0.25, 0.3) is 0 Å². The van der Waals surface area contributed by atoms with E-state index >= 15 is 0 Å². The molecule has 0 atom stereocenters. The SMILES string of the molecule is CC(C)Sc1nc(Cl)c(C=O)s1. The second-order valence-corrected chi connectivity index (χ2v) is 5.63. The molecule has 0 amide bonds. The van der Waals surface area contributed by atoms with E-state index in [1.807, 2.05) is 0 Å². The number of carbonyl (C=O) groups excluding carboxylic acids is 1. The van der Waals surface area contributed by atoms with Crippen LogP contribution in [0.4, 0.5) is 0 Å². The van der Waals surface area contributed by atoms with Gasteiger partial charge < -0.3 is 0 Å². The quantitative estimate of drug-likeness (QED) is 0.580. The van der Waals surface area contributed by atoms with Crippen LogP contribution < -0.4 is 0 Å². The summed E-state index contributed by atoms with van der Waals surface area (Å²) in [5, 5.41) is 0.782. The smallest absolute Gasteiger partial charge is 0.163 e. The van der Waals surface area contributed by atoms with Crippen molar-refractivity contribution < 1.29 is 4.79 Å². The first-order chi connectivity index (χ1) is 5.63. The summed E-state index contributed by atoms with van der Waals surface area (Å²) in [4.78, 5) is 15.0. The van der Waals surface area contributed by atoms with E-state index in [1.165, 1.54) is 11.3 Å². The number of aldehydes is 1. The highest BCUT2D eigenvalue weighted by molar-refractivity contribution is 8.01. The van der Waals surface area contributed by atoms with Gasteiger partial charge in [0.25, 0.3) is 0 Å². The first-order valence-corrected chi connectivity index (χ1v) is 5.49. The van der Waals surface area contributed by atoms with Crippen LogP contribution in [0, 0.1) is 0 Å². The molecule has 0 aliphatic rings. The van der Waals surface area contributed by atoms with Gasteiger partial charge in [0.2, 0.25) is 0 Å². The highest BCUT2D eigenvalue weighted by Gasteiger charge is 2.09. The Hall–Kier alpha value is -0.0600. The standard InChI is InChI=1S/C7H8ClNOS2/c1-4(2)11-7-9-6(8)5(3-10)12-7/h3-4H,1-2H3. The highest BCUT2D eigenvalue weighted by atomic mass is 35.5. The Bertz CT molecular complexity index is 285. The Labute approximate surface area is 84.3 Å². The fraction of sp³-hybridized carbons (Fsp3) is 0.429. The number of hydrogen-bond donors (Lipinski definition) is 0. The van der Waals surface area contributed by atoms with Crippen LogP contribution in [0.3, 0.4) is 0 Å². The van der Waals surface area contributed by atoms with Gasteiger partial charge in [0.15, 0.2) is 15.8 Å². The van der Waals surface area contributed by atoms with Crippen LogP contribution in [-0.2, 0) is 0 Å². The van der Waals surface area contributed by atoms with Crippen molar-refractivity contribution in [2.75, 3.05) is 0 Å². The minimum atomic E-state index is 0.318. The van der Waals surface area contributed by atoms with Gasteiger partial charge in [-0.1, -0.05) is 37.2 Å². The van der Waals surface area contributed by atoms with E-state index in [0.717, 1.165) is 10.6 Å². The van der Waals surface area contributed by atoms with Crippen molar-refractivity contribution in [1.82, 2.24) is 4.98 Å². The summed E-state index contributed by atoms with van der Waals surface area (Å²) in [5.74, 6) is 0.